The number of aryl methyl sites for hydroxylation is 1. The maximum Gasteiger partial charge on any atom is 0.257 e. The summed E-state index contributed by atoms with van der Waals surface area (Å²) in [5.41, 5.74) is 1.98. The topological polar surface area (TPSA) is 49.3 Å². The first-order valence-corrected chi connectivity index (χ1v) is 5.87. The number of hydrogen-bond acceptors (Lipinski definition) is 2. The van der Waals surface area contributed by atoms with Gasteiger partial charge in [0, 0.05) is 5.69 Å². The number of carbonyl (C=O) groups excluding carboxylic acids is 1. The zero-order valence-electron chi connectivity index (χ0n) is 10.4. The number of anilines is 1. The minimum Gasteiger partial charge on any atom is -0.378 e. The van der Waals surface area contributed by atoms with E-state index in [4.69, 9.17) is 0 Å². The Bertz CT molecular complexity index is 581. The number of hydrogen-bond donors (Lipinski definition) is 2. The molecule has 19 heavy (non-hydrogen) atoms. The average molecular weight is 259 g/mol. The van der Waals surface area contributed by atoms with Gasteiger partial charge in [-0.3, -0.25) is 4.79 Å². The molecule has 2 rings (SSSR count). The molecule has 2 N–H and O–H groups in total. The molecule has 2 aromatic rings. The molecule has 1 atom stereocenters. The van der Waals surface area contributed by atoms with Crippen molar-refractivity contribution in [3.8, 4) is 0 Å². The molecule has 0 spiro atoms. The molecule has 0 radical (unpaired) electrons. The van der Waals surface area contributed by atoms with E-state index in [2.05, 4.69) is 5.32 Å². The number of carbonyl (C=O) groups is 1. The molecule has 0 saturated carbocycles. The SMILES string of the molecule is Cc1cccc(NC(=O)C(O)c2ccc(F)cc2)c1. The summed E-state index contributed by atoms with van der Waals surface area (Å²) >= 11 is 0. The van der Waals surface area contributed by atoms with Gasteiger partial charge in [-0.25, -0.2) is 4.39 Å². The van der Waals surface area contributed by atoms with Gasteiger partial charge in [-0.1, -0.05) is 24.3 Å². The molecule has 0 bridgehead atoms. The molecule has 98 valence electrons. The molecule has 3 nitrogen and oxygen atoms in total. The van der Waals surface area contributed by atoms with Gasteiger partial charge in [0.2, 0.25) is 0 Å². The Morgan fingerprint density at radius 3 is 2.53 bits per heavy atom. The highest BCUT2D eigenvalue weighted by Gasteiger charge is 2.17. The summed E-state index contributed by atoms with van der Waals surface area (Å²) in [6.45, 7) is 1.91. The second-order valence-corrected chi connectivity index (χ2v) is 4.31. The van der Waals surface area contributed by atoms with E-state index in [0.717, 1.165) is 5.56 Å². The van der Waals surface area contributed by atoms with Crippen LogP contribution in [0.25, 0.3) is 0 Å². The maximum absolute atomic E-state index is 12.8. The predicted octanol–water partition coefficient (Wildman–Crippen LogP) is 2.81. The van der Waals surface area contributed by atoms with Gasteiger partial charge in [-0.2, -0.15) is 0 Å². The van der Waals surface area contributed by atoms with Crippen molar-refractivity contribution in [2.75, 3.05) is 5.32 Å². The molecule has 0 aliphatic carbocycles. The van der Waals surface area contributed by atoms with Crippen LogP contribution in [0.3, 0.4) is 0 Å². The molecular formula is C15H14FNO2. The Morgan fingerprint density at radius 2 is 1.89 bits per heavy atom. The Hall–Kier alpha value is -2.20. The third-order valence-corrected chi connectivity index (χ3v) is 2.72. The second kappa shape index (κ2) is 5.63. The van der Waals surface area contributed by atoms with E-state index in [1.54, 1.807) is 12.1 Å². The van der Waals surface area contributed by atoms with Crippen LogP contribution in [0.1, 0.15) is 17.2 Å². The number of aliphatic hydroxyl groups is 1. The second-order valence-electron chi connectivity index (χ2n) is 4.31. The Morgan fingerprint density at radius 1 is 1.21 bits per heavy atom. The maximum atomic E-state index is 12.8. The van der Waals surface area contributed by atoms with Gasteiger partial charge in [-0.05, 0) is 42.3 Å². The zero-order valence-corrected chi connectivity index (χ0v) is 10.4. The highest BCUT2D eigenvalue weighted by atomic mass is 19.1. The summed E-state index contributed by atoms with van der Waals surface area (Å²) in [4.78, 5) is 11.9. The first-order valence-electron chi connectivity index (χ1n) is 5.87. The third-order valence-electron chi connectivity index (χ3n) is 2.72. The van der Waals surface area contributed by atoms with Gasteiger partial charge in [0.15, 0.2) is 6.10 Å². The van der Waals surface area contributed by atoms with Gasteiger partial charge < -0.3 is 10.4 Å². The standard InChI is InChI=1S/C15H14FNO2/c1-10-3-2-4-13(9-10)17-15(19)14(18)11-5-7-12(16)8-6-11/h2-9,14,18H,1H3,(H,17,19). The minimum atomic E-state index is -1.32. The quantitative estimate of drug-likeness (QED) is 0.890. The fourth-order valence-corrected chi connectivity index (χ4v) is 1.73. The highest BCUT2D eigenvalue weighted by molar-refractivity contribution is 5.94. The van der Waals surface area contributed by atoms with Gasteiger partial charge in [0.1, 0.15) is 5.82 Å². The molecule has 2 aromatic carbocycles. The summed E-state index contributed by atoms with van der Waals surface area (Å²) in [5.74, 6) is -0.952. The molecule has 1 amide bonds. The van der Waals surface area contributed by atoms with Crippen molar-refractivity contribution in [2.24, 2.45) is 0 Å². The first kappa shape index (κ1) is 13.2. The van der Waals surface area contributed by atoms with Gasteiger partial charge in [0.25, 0.3) is 5.91 Å². The van der Waals surface area contributed by atoms with Crippen LogP contribution in [0, 0.1) is 12.7 Å². The van der Waals surface area contributed by atoms with Crippen molar-refractivity contribution >= 4 is 11.6 Å². The Labute approximate surface area is 110 Å². The molecule has 0 aliphatic heterocycles. The Kier molecular flexibility index (Phi) is 3.92. The van der Waals surface area contributed by atoms with Crippen LogP contribution in [0.4, 0.5) is 10.1 Å². The van der Waals surface area contributed by atoms with Crippen LogP contribution in [-0.2, 0) is 4.79 Å². The van der Waals surface area contributed by atoms with Crippen molar-refractivity contribution in [3.05, 3.63) is 65.5 Å². The molecule has 0 heterocycles. The van der Waals surface area contributed by atoms with Crippen LogP contribution < -0.4 is 5.32 Å². The van der Waals surface area contributed by atoms with E-state index in [9.17, 15) is 14.3 Å². The van der Waals surface area contributed by atoms with Crippen LogP contribution >= 0.6 is 0 Å². The van der Waals surface area contributed by atoms with Crippen molar-refractivity contribution < 1.29 is 14.3 Å². The molecule has 4 heteroatoms. The van der Waals surface area contributed by atoms with E-state index in [-0.39, 0.29) is 0 Å². The van der Waals surface area contributed by atoms with Gasteiger partial charge >= 0.3 is 0 Å². The van der Waals surface area contributed by atoms with Crippen LogP contribution in [0.5, 0.6) is 0 Å². The van der Waals surface area contributed by atoms with Crippen molar-refractivity contribution in [1.82, 2.24) is 0 Å². The number of rotatable bonds is 3. The highest BCUT2D eigenvalue weighted by Crippen LogP contribution is 2.17. The minimum absolute atomic E-state index is 0.353. The lowest BCUT2D eigenvalue weighted by Gasteiger charge is -2.12. The molecule has 1 unspecified atom stereocenters. The molecule has 0 saturated heterocycles. The lowest BCUT2D eigenvalue weighted by molar-refractivity contribution is -0.124. The van der Waals surface area contributed by atoms with Crippen LogP contribution in [-0.4, -0.2) is 11.0 Å². The number of nitrogens with one attached hydrogen (secondary N) is 1. The first-order chi connectivity index (χ1) is 9.06. The molecular weight excluding hydrogens is 245 g/mol. The van der Waals surface area contributed by atoms with E-state index in [1.165, 1.54) is 24.3 Å². The van der Waals surface area contributed by atoms with Crippen molar-refractivity contribution in [2.45, 2.75) is 13.0 Å². The smallest absolute Gasteiger partial charge is 0.257 e. The summed E-state index contributed by atoms with van der Waals surface area (Å²) in [7, 11) is 0. The fraction of sp³-hybridized carbons (Fsp3) is 0.133. The largest absolute Gasteiger partial charge is 0.378 e. The van der Waals surface area contributed by atoms with E-state index >= 15 is 0 Å². The normalized spacial score (nSPS) is 11.9. The zero-order chi connectivity index (χ0) is 13.8. The monoisotopic (exact) mass is 259 g/mol. The summed E-state index contributed by atoms with van der Waals surface area (Å²) in [6, 6.07) is 12.4. The van der Waals surface area contributed by atoms with Gasteiger partial charge in [-0.15, -0.1) is 0 Å². The Balaban J connectivity index is 2.09. The molecule has 0 aliphatic rings. The lowest BCUT2D eigenvalue weighted by Crippen LogP contribution is -2.20. The lowest BCUT2D eigenvalue weighted by atomic mass is 10.1. The van der Waals surface area contributed by atoms with Gasteiger partial charge in [0.05, 0.1) is 0 Å². The number of aliphatic hydroxyl groups excluding tert-OH is 1. The van der Waals surface area contributed by atoms with Crippen molar-refractivity contribution in [1.29, 1.82) is 0 Å². The van der Waals surface area contributed by atoms with E-state index in [0.29, 0.717) is 11.3 Å². The van der Waals surface area contributed by atoms with Crippen LogP contribution in [0.15, 0.2) is 48.5 Å². The molecule has 0 fully saturated rings. The van der Waals surface area contributed by atoms with Crippen molar-refractivity contribution in [3.63, 3.8) is 0 Å². The van der Waals surface area contributed by atoms with Crippen LogP contribution in [0.2, 0.25) is 0 Å². The predicted molar refractivity (Wildman–Crippen MR) is 71.2 cm³/mol. The number of halogens is 1. The number of benzene rings is 2. The summed E-state index contributed by atoms with van der Waals surface area (Å²) < 4.78 is 12.8. The van der Waals surface area contributed by atoms with E-state index in [1.807, 2.05) is 19.1 Å². The average Bonchev–Trinajstić information content (AvgIpc) is 2.39. The molecule has 0 aromatic heterocycles. The number of amides is 1. The third kappa shape index (κ3) is 3.39. The van der Waals surface area contributed by atoms with E-state index < -0.39 is 17.8 Å². The summed E-state index contributed by atoms with van der Waals surface area (Å²) in [6.07, 6.45) is -1.32. The fourth-order valence-electron chi connectivity index (χ4n) is 1.73. The summed E-state index contributed by atoms with van der Waals surface area (Å²) in [5, 5.41) is 12.5.